The molecule has 2 heterocycles. The first kappa shape index (κ1) is 21.3. The van der Waals surface area contributed by atoms with E-state index in [9.17, 15) is 9.59 Å². The van der Waals surface area contributed by atoms with Crippen LogP contribution in [0.1, 0.15) is 47.0 Å². The Bertz CT molecular complexity index is 945. The molecule has 0 atom stereocenters. The fraction of sp³-hybridized carbons (Fsp3) is 0.591. The zero-order valence-corrected chi connectivity index (χ0v) is 18.4. The first-order valence-electron chi connectivity index (χ1n) is 10.2. The van der Waals surface area contributed by atoms with E-state index in [-0.39, 0.29) is 35.0 Å². The average Bonchev–Trinajstić information content (AvgIpc) is 2.57. The highest BCUT2D eigenvalue weighted by molar-refractivity contribution is 5.78. The van der Waals surface area contributed by atoms with E-state index in [1.54, 1.807) is 23.6 Å². The SMILES string of the molecule is CN(C)c1nc2ccccc2n(CCC(=O)NC2CC(C)(C)NC(C)(C)C2)c1=O. The summed E-state index contributed by atoms with van der Waals surface area (Å²) in [5.74, 6) is 0.355. The largest absolute Gasteiger partial charge is 0.358 e. The standard InChI is InChI=1S/C22H33N5O2/c1-21(2)13-15(14-22(3,4)25-21)23-18(28)11-12-27-17-10-8-7-9-16(17)24-19(20(27)29)26(5)6/h7-10,15,25H,11-14H2,1-6H3,(H,23,28). The van der Waals surface area contributed by atoms with Crippen LogP contribution in [0, 0.1) is 0 Å². The van der Waals surface area contributed by atoms with E-state index in [2.05, 4.69) is 43.3 Å². The molecule has 1 fully saturated rings. The number of carbonyl (C=O) groups is 1. The number of fused-ring (bicyclic) bond motifs is 1. The van der Waals surface area contributed by atoms with Crippen LogP contribution >= 0.6 is 0 Å². The van der Waals surface area contributed by atoms with Crippen molar-refractivity contribution in [1.82, 2.24) is 20.2 Å². The van der Waals surface area contributed by atoms with Gasteiger partial charge in [-0.05, 0) is 52.7 Å². The van der Waals surface area contributed by atoms with Gasteiger partial charge in [0.25, 0.3) is 5.56 Å². The highest BCUT2D eigenvalue weighted by Gasteiger charge is 2.38. The number of para-hydroxylation sites is 2. The minimum Gasteiger partial charge on any atom is -0.358 e. The number of hydrogen-bond donors (Lipinski definition) is 2. The van der Waals surface area contributed by atoms with Gasteiger partial charge in [-0.15, -0.1) is 0 Å². The van der Waals surface area contributed by atoms with Gasteiger partial charge in [-0.3, -0.25) is 9.59 Å². The number of piperidine rings is 1. The molecular formula is C22H33N5O2. The number of aryl methyl sites for hydroxylation is 1. The van der Waals surface area contributed by atoms with E-state index in [1.165, 1.54) is 0 Å². The molecule has 1 aromatic heterocycles. The summed E-state index contributed by atoms with van der Waals surface area (Å²) in [6, 6.07) is 7.67. The summed E-state index contributed by atoms with van der Waals surface area (Å²) in [5, 5.41) is 6.81. The van der Waals surface area contributed by atoms with Crippen molar-refractivity contribution in [3.05, 3.63) is 34.6 Å². The van der Waals surface area contributed by atoms with Crippen molar-refractivity contribution in [2.45, 2.75) is 70.6 Å². The maximum atomic E-state index is 12.9. The molecule has 0 radical (unpaired) electrons. The summed E-state index contributed by atoms with van der Waals surface area (Å²) in [7, 11) is 3.60. The Hall–Kier alpha value is -2.41. The van der Waals surface area contributed by atoms with E-state index in [0.717, 1.165) is 23.9 Å². The summed E-state index contributed by atoms with van der Waals surface area (Å²) < 4.78 is 1.66. The molecule has 1 saturated heterocycles. The molecule has 3 rings (SSSR count). The van der Waals surface area contributed by atoms with Crippen molar-refractivity contribution in [3.63, 3.8) is 0 Å². The Kier molecular flexibility index (Phi) is 5.72. The Morgan fingerprint density at radius 1 is 1.21 bits per heavy atom. The summed E-state index contributed by atoms with van der Waals surface area (Å²) in [5.41, 5.74) is 1.26. The zero-order chi connectivity index (χ0) is 21.4. The fourth-order valence-electron chi connectivity index (χ4n) is 4.63. The Labute approximate surface area is 172 Å². The Morgan fingerprint density at radius 2 is 1.83 bits per heavy atom. The van der Waals surface area contributed by atoms with Crippen molar-refractivity contribution in [2.75, 3.05) is 19.0 Å². The molecule has 7 nitrogen and oxygen atoms in total. The van der Waals surface area contributed by atoms with Crippen LogP contribution in [0.2, 0.25) is 0 Å². The third kappa shape index (κ3) is 4.96. The molecule has 2 N–H and O–H groups in total. The number of nitrogens with zero attached hydrogens (tertiary/aromatic N) is 3. The monoisotopic (exact) mass is 399 g/mol. The number of rotatable bonds is 5. The molecule has 0 unspecified atom stereocenters. The topological polar surface area (TPSA) is 79.3 Å². The van der Waals surface area contributed by atoms with Gasteiger partial charge in [0.1, 0.15) is 0 Å². The molecule has 0 spiro atoms. The molecule has 1 amide bonds. The third-order valence-corrected chi connectivity index (χ3v) is 5.38. The van der Waals surface area contributed by atoms with Gasteiger partial charge in [-0.2, -0.15) is 0 Å². The van der Waals surface area contributed by atoms with Gasteiger partial charge in [0.05, 0.1) is 11.0 Å². The van der Waals surface area contributed by atoms with E-state index in [0.29, 0.717) is 12.4 Å². The number of amides is 1. The maximum absolute atomic E-state index is 12.9. The van der Waals surface area contributed by atoms with Crippen molar-refractivity contribution in [2.24, 2.45) is 0 Å². The molecule has 0 bridgehead atoms. The molecule has 0 saturated carbocycles. The van der Waals surface area contributed by atoms with Crippen LogP contribution in [0.4, 0.5) is 5.82 Å². The quantitative estimate of drug-likeness (QED) is 0.806. The lowest BCUT2D eigenvalue weighted by Gasteiger charge is -2.46. The summed E-state index contributed by atoms with van der Waals surface area (Å²) >= 11 is 0. The molecule has 29 heavy (non-hydrogen) atoms. The van der Waals surface area contributed by atoms with Crippen molar-refractivity contribution in [1.29, 1.82) is 0 Å². The second-order valence-electron chi connectivity index (χ2n) is 9.59. The lowest BCUT2D eigenvalue weighted by atomic mass is 9.79. The van der Waals surface area contributed by atoms with Gasteiger partial charge in [0.2, 0.25) is 5.91 Å². The minimum atomic E-state index is -0.175. The van der Waals surface area contributed by atoms with Crippen molar-refractivity contribution < 1.29 is 4.79 Å². The van der Waals surface area contributed by atoms with E-state index in [4.69, 9.17) is 0 Å². The maximum Gasteiger partial charge on any atom is 0.293 e. The average molecular weight is 400 g/mol. The van der Waals surface area contributed by atoms with Crippen LogP contribution in [0.3, 0.4) is 0 Å². The number of hydrogen-bond acceptors (Lipinski definition) is 5. The van der Waals surface area contributed by atoms with Gasteiger partial charge in [-0.1, -0.05) is 12.1 Å². The van der Waals surface area contributed by atoms with Gasteiger partial charge >= 0.3 is 0 Å². The van der Waals surface area contributed by atoms with Crippen LogP contribution in [-0.2, 0) is 11.3 Å². The van der Waals surface area contributed by atoms with Gasteiger partial charge in [0, 0.05) is 44.2 Å². The first-order chi connectivity index (χ1) is 13.5. The van der Waals surface area contributed by atoms with Gasteiger partial charge < -0.3 is 20.1 Å². The Morgan fingerprint density at radius 3 is 2.45 bits per heavy atom. The van der Waals surface area contributed by atoms with Crippen LogP contribution in [0.15, 0.2) is 29.1 Å². The minimum absolute atomic E-state index is 0.0253. The molecular weight excluding hydrogens is 366 g/mol. The van der Waals surface area contributed by atoms with E-state index in [1.807, 2.05) is 24.3 Å². The summed E-state index contributed by atoms with van der Waals surface area (Å²) in [6.07, 6.45) is 2.02. The van der Waals surface area contributed by atoms with Crippen LogP contribution < -0.4 is 21.1 Å². The number of nitrogens with one attached hydrogen (secondary N) is 2. The molecule has 1 aliphatic heterocycles. The van der Waals surface area contributed by atoms with E-state index >= 15 is 0 Å². The zero-order valence-electron chi connectivity index (χ0n) is 18.4. The number of anilines is 1. The lowest BCUT2D eigenvalue weighted by molar-refractivity contribution is -0.122. The normalized spacial score (nSPS) is 18.6. The van der Waals surface area contributed by atoms with Crippen LogP contribution in [-0.4, -0.2) is 46.7 Å². The molecule has 0 aliphatic carbocycles. The summed E-state index contributed by atoms with van der Waals surface area (Å²) in [6.45, 7) is 8.99. The predicted octanol–water partition coefficient (Wildman–Crippen LogP) is 2.28. The highest BCUT2D eigenvalue weighted by Crippen LogP contribution is 2.28. The molecule has 1 aromatic carbocycles. The number of aromatic nitrogens is 2. The number of benzene rings is 1. The predicted molar refractivity (Wildman–Crippen MR) is 117 cm³/mol. The van der Waals surface area contributed by atoms with Crippen molar-refractivity contribution in [3.8, 4) is 0 Å². The molecule has 158 valence electrons. The van der Waals surface area contributed by atoms with Gasteiger partial charge in [0.15, 0.2) is 5.82 Å². The molecule has 7 heteroatoms. The lowest BCUT2D eigenvalue weighted by Crippen LogP contribution is -2.62. The first-order valence-corrected chi connectivity index (χ1v) is 10.2. The van der Waals surface area contributed by atoms with Crippen LogP contribution in [0.25, 0.3) is 11.0 Å². The van der Waals surface area contributed by atoms with E-state index < -0.39 is 0 Å². The van der Waals surface area contributed by atoms with Gasteiger partial charge in [-0.25, -0.2) is 4.98 Å². The van der Waals surface area contributed by atoms with Crippen LogP contribution in [0.5, 0.6) is 0 Å². The second kappa shape index (κ2) is 7.78. The molecule has 1 aliphatic rings. The molecule has 2 aromatic rings. The second-order valence-corrected chi connectivity index (χ2v) is 9.59. The van der Waals surface area contributed by atoms with Crippen molar-refractivity contribution >= 4 is 22.8 Å². The Balaban J connectivity index is 1.76. The highest BCUT2D eigenvalue weighted by atomic mass is 16.2. The smallest absolute Gasteiger partial charge is 0.293 e. The number of carbonyl (C=O) groups excluding carboxylic acids is 1. The summed E-state index contributed by atoms with van der Waals surface area (Å²) in [4.78, 5) is 31.8. The fourth-order valence-corrected chi connectivity index (χ4v) is 4.63. The third-order valence-electron chi connectivity index (χ3n) is 5.38.